The monoisotopic (exact) mass is 320 g/mol. The molecule has 0 N–H and O–H groups in total. The van der Waals surface area contributed by atoms with E-state index in [1.54, 1.807) is 24.4 Å². The first kappa shape index (κ1) is 15.0. The lowest BCUT2D eigenvalue weighted by Gasteiger charge is -2.23. The van der Waals surface area contributed by atoms with Crippen LogP contribution in [0.15, 0.2) is 61.3 Å². The largest absolute Gasteiger partial charge is 0.459 e. The number of hydrogen-bond donors (Lipinski definition) is 0. The smallest absolute Gasteiger partial charge is 0.429 e. The third kappa shape index (κ3) is 3.31. The zero-order valence-electron chi connectivity index (χ0n) is 11.7. The Morgan fingerprint density at radius 1 is 1.04 bits per heavy atom. The molecule has 5 nitrogen and oxygen atoms in total. The Balaban J connectivity index is 2.05. The normalized spacial score (nSPS) is 12.8. The average molecular weight is 320 g/mol. The van der Waals surface area contributed by atoms with Crippen molar-refractivity contribution in [2.45, 2.75) is 12.3 Å². The maximum atomic E-state index is 13.5. The van der Waals surface area contributed by atoms with Crippen LogP contribution >= 0.6 is 0 Å². The Morgan fingerprint density at radius 3 is 2.52 bits per heavy atom. The fourth-order valence-corrected chi connectivity index (χ4v) is 2.10. The van der Waals surface area contributed by atoms with E-state index in [4.69, 9.17) is 4.74 Å². The zero-order chi connectivity index (χ0) is 16.3. The molecule has 0 saturated heterocycles. The molecule has 2 aromatic heterocycles. The van der Waals surface area contributed by atoms with E-state index in [1.807, 2.05) is 0 Å². The third-order valence-electron chi connectivity index (χ3n) is 3.05. The standard InChI is InChI=1S/C15H11F3N4O/c16-15(17,18)14(23-13-10-19-7-8-20-13)11-4-1-2-5-12(11)22-9-3-6-21-22/h1-10,14H. The molecule has 1 atom stereocenters. The zero-order valence-corrected chi connectivity index (χ0v) is 11.7. The molecule has 2 heterocycles. The van der Waals surface area contributed by atoms with Crippen LogP contribution in [-0.4, -0.2) is 25.9 Å². The van der Waals surface area contributed by atoms with Crippen molar-refractivity contribution in [2.24, 2.45) is 0 Å². The molecule has 8 heteroatoms. The highest BCUT2D eigenvalue weighted by Gasteiger charge is 2.44. The van der Waals surface area contributed by atoms with Crippen LogP contribution in [-0.2, 0) is 0 Å². The summed E-state index contributed by atoms with van der Waals surface area (Å²) in [5.74, 6) is -0.204. The molecule has 23 heavy (non-hydrogen) atoms. The lowest BCUT2D eigenvalue weighted by atomic mass is 10.1. The summed E-state index contributed by atoms with van der Waals surface area (Å²) in [6, 6.07) is 7.67. The topological polar surface area (TPSA) is 52.8 Å². The van der Waals surface area contributed by atoms with Gasteiger partial charge in [-0.25, -0.2) is 9.67 Å². The first-order valence-corrected chi connectivity index (χ1v) is 6.64. The van der Waals surface area contributed by atoms with Crippen LogP contribution in [0.5, 0.6) is 5.88 Å². The van der Waals surface area contributed by atoms with Gasteiger partial charge in [0.25, 0.3) is 0 Å². The number of rotatable bonds is 4. The van der Waals surface area contributed by atoms with Crippen molar-refractivity contribution in [1.82, 2.24) is 19.7 Å². The van der Waals surface area contributed by atoms with Gasteiger partial charge in [-0.05, 0) is 12.1 Å². The van der Waals surface area contributed by atoms with Crippen molar-refractivity contribution < 1.29 is 17.9 Å². The van der Waals surface area contributed by atoms with E-state index in [0.717, 1.165) is 6.20 Å². The molecule has 0 aliphatic rings. The Kier molecular flexibility index (Phi) is 3.96. The van der Waals surface area contributed by atoms with Gasteiger partial charge in [-0.15, -0.1) is 0 Å². The molecule has 0 bridgehead atoms. The number of benzene rings is 1. The molecular formula is C15H11F3N4O. The maximum Gasteiger partial charge on any atom is 0.429 e. The van der Waals surface area contributed by atoms with Crippen LogP contribution in [0.2, 0.25) is 0 Å². The van der Waals surface area contributed by atoms with Gasteiger partial charge in [-0.1, -0.05) is 18.2 Å². The minimum atomic E-state index is -4.62. The first-order valence-electron chi connectivity index (χ1n) is 6.64. The van der Waals surface area contributed by atoms with Crippen molar-refractivity contribution >= 4 is 0 Å². The summed E-state index contributed by atoms with van der Waals surface area (Å²) in [6.45, 7) is 0. The van der Waals surface area contributed by atoms with Crippen LogP contribution in [0.25, 0.3) is 5.69 Å². The predicted molar refractivity (Wildman–Crippen MR) is 75.0 cm³/mol. The fraction of sp³-hybridized carbons (Fsp3) is 0.133. The van der Waals surface area contributed by atoms with E-state index < -0.39 is 12.3 Å². The highest BCUT2D eigenvalue weighted by Crippen LogP contribution is 2.38. The van der Waals surface area contributed by atoms with E-state index >= 15 is 0 Å². The summed E-state index contributed by atoms with van der Waals surface area (Å²) in [4.78, 5) is 7.46. The molecule has 0 fully saturated rings. The molecule has 3 rings (SSSR count). The molecule has 0 amide bonds. The van der Waals surface area contributed by atoms with Crippen LogP contribution < -0.4 is 4.74 Å². The van der Waals surface area contributed by atoms with E-state index in [0.29, 0.717) is 0 Å². The maximum absolute atomic E-state index is 13.5. The van der Waals surface area contributed by atoms with Gasteiger partial charge in [0.05, 0.1) is 11.9 Å². The first-order chi connectivity index (χ1) is 11.1. The van der Waals surface area contributed by atoms with Crippen molar-refractivity contribution in [3.05, 3.63) is 66.9 Å². The Labute approximate surface area is 129 Å². The molecule has 118 valence electrons. The van der Waals surface area contributed by atoms with Gasteiger partial charge in [0.15, 0.2) is 0 Å². The van der Waals surface area contributed by atoms with E-state index in [2.05, 4.69) is 15.1 Å². The minimum absolute atomic E-state index is 0.0608. The molecule has 0 aliphatic heterocycles. The average Bonchev–Trinajstić information content (AvgIpc) is 3.07. The fourth-order valence-electron chi connectivity index (χ4n) is 2.10. The van der Waals surface area contributed by atoms with Crippen LogP contribution in [0.3, 0.4) is 0 Å². The van der Waals surface area contributed by atoms with Crippen molar-refractivity contribution in [3.8, 4) is 11.6 Å². The molecule has 0 spiro atoms. The minimum Gasteiger partial charge on any atom is -0.459 e. The highest BCUT2D eigenvalue weighted by atomic mass is 19.4. The summed E-state index contributed by atoms with van der Waals surface area (Å²) < 4.78 is 46.9. The van der Waals surface area contributed by atoms with Crippen LogP contribution in [0.1, 0.15) is 11.7 Å². The number of nitrogens with zero attached hydrogens (tertiary/aromatic N) is 4. The number of halogens is 3. The lowest BCUT2D eigenvalue weighted by Crippen LogP contribution is -2.27. The molecule has 0 radical (unpaired) electrons. The summed E-state index contributed by atoms with van der Waals surface area (Å²) in [5.41, 5.74) is 0.220. The second kappa shape index (κ2) is 6.07. The summed E-state index contributed by atoms with van der Waals surface area (Å²) >= 11 is 0. The van der Waals surface area contributed by atoms with Gasteiger partial charge in [0.1, 0.15) is 0 Å². The third-order valence-corrected chi connectivity index (χ3v) is 3.05. The summed E-state index contributed by atoms with van der Waals surface area (Å²) in [7, 11) is 0. The van der Waals surface area contributed by atoms with Crippen LogP contribution in [0, 0.1) is 0 Å². The SMILES string of the molecule is FC(F)(F)C(Oc1cnccn1)c1ccccc1-n1cccn1. The van der Waals surface area contributed by atoms with Crippen LogP contribution in [0.4, 0.5) is 13.2 Å². The number of alkyl halides is 3. The summed E-state index contributed by atoms with van der Waals surface area (Å²) in [5, 5.41) is 3.98. The Morgan fingerprint density at radius 2 is 1.87 bits per heavy atom. The van der Waals surface area contributed by atoms with Gasteiger partial charge in [-0.3, -0.25) is 4.98 Å². The van der Waals surface area contributed by atoms with E-state index in [1.165, 1.54) is 35.4 Å². The number of aromatic nitrogens is 4. The number of para-hydroxylation sites is 1. The summed E-state index contributed by atoms with van der Waals surface area (Å²) in [6.07, 6.45) is 0.00246. The molecule has 0 aliphatic carbocycles. The quantitative estimate of drug-likeness (QED) is 0.740. The van der Waals surface area contributed by atoms with Gasteiger partial charge in [-0.2, -0.15) is 18.3 Å². The number of hydrogen-bond acceptors (Lipinski definition) is 4. The second-order valence-electron chi connectivity index (χ2n) is 4.59. The van der Waals surface area contributed by atoms with Gasteiger partial charge in [0, 0.05) is 30.4 Å². The Bertz CT molecular complexity index is 760. The van der Waals surface area contributed by atoms with Crippen molar-refractivity contribution in [1.29, 1.82) is 0 Å². The Hall–Kier alpha value is -2.90. The second-order valence-corrected chi connectivity index (χ2v) is 4.59. The molecule has 3 aromatic rings. The van der Waals surface area contributed by atoms with Crippen molar-refractivity contribution in [3.63, 3.8) is 0 Å². The molecule has 1 aromatic carbocycles. The number of ether oxygens (including phenoxy) is 1. The molecular weight excluding hydrogens is 309 g/mol. The van der Waals surface area contributed by atoms with E-state index in [9.17, 15) is 13.2 Å². The van der Waals surface area contributed by atoms with E-state index in [-0.39, 0.29) is 17.1 Å². The van der Waals surface area contributed by atoms with Crippen molar-refractivity contribution in [2.75, 3.05) is 0 Å². The van der Waals surface area contributed by atoms with Gasteiger partial charge in [0.2, 0.25) is 12.0 Å². The lowest BCUT2D eigenvalue weighted by molar-refractivity contribution is -0.198. The highest BCUT2D eigenvalue weighted by molar-refractivity contribution is 5.42. The molecule has 0 saturated carbocycles. The van der Waals surface area contributed by atoms with Gasteiger partial charge >= 0.3 is 6.18 Å². The predicted octanol–water partition coefficient (Wildman–Crippen LogP) is 3.34. The molecule has 1 unspecified atom stereocenters. The van der Waals surface area contributed by atoms with Gasteiger partial charge < -0.3 is 4.74 Å².